The molecule has 6 heteroatoms. The number of halogens is 3. The van der Waals surface area contributed by atoms with E-state index in [1.165, 1.54) is 36.4 Å². The van der Waals surface area contributed by atoms with Crippen LogP contribution in [-0.4, -0.2) is 11.9 Å². The van der Waals surface area contributed by atoms with E-state index in [-0.39, 0.29) is 22.7 Å². The molecule has 0 fully saturated rings. The molecule has 0 bridgehead atoms. The molecule has 2 aromatic carbocycles. The Labute approximate surface area is 133 Å². The summed E-state index contributed by atoms with van der Waals surface area (Å²) in [5.74, 6) is -1.94. The summed E-state index contributed by atoms with van der Waals surface area (Å²) < 4.78 is 33.0. The van der Waals surface area contributed by atoms with Gasteiger partial charge in [0.25, 0.3) is 0 Å². The SMILES string of the molecule is O=C1OC(c2ccccc2F)=N/C1=C\c1ccc(Br)cc1F. The van der Waals surface area contributed by atoms with Gasteiger partial charge < -0.3 is 4.74 Å². The van der Waals surface area contributed by atoms with Crippen molar-refractivity contribution in [2.45, 2.75) is 0 Å². The van der Waals surface area contributed by atoms with Gasteiger partial charge in [-0.05, 0) is 30.3 Å². The Bertz CT molecular complexity index is 831. The number of esters is 1. The predicted octanol–water partition coefficient (Wildman–Crippen LogP) is 4.07. The summed E-state index contributed by atoms with van der Waals surface area (Å²) in [4.78, 5) is 15.7. The number of ether oxygens (including phenoxy) is 1. The first kappa shape index (κ1) is 14.6. The lowest BCUT2D eigenvalue weighted by Crippen LogP contribution is -2.07. The summed E-state index contributed by atoms with van der Waals surface area (Å²) in [6.45, 7) is 0. The molecule has 110 valence electrons. The Kier molecular flexibility index (Phi) is 3.85. The number of hydrogen-bond acceptors (Lipinski definition) is 3. The number of aliphatic imine (C=N–C) groups is 1. The summed E-state index contributed by atoms with van der Waals surface area (Å²) >= 11 is 3.15. The molecule has 3 nitrogen and oxygen atoms in total. The van der Waals surface area contributed by atoms with Gasteiger partial charge in [-0.1, -0.05) is 34.1 Å². The van der Waals surface area contributed by atoms with Gasteiger partial charge in [0, 0.05) is 10.0 Å². The highest BCUT2D eigenvalue weighted by molar-refractivity contribution is 9.10. The van der Waals surface area contributed by atoms with Crippen LogP contribution in [0.1, 0.15) is 11.1 Å². The molecular weight excluding hydrogens is 356 g/mol. The normalized spacial score (nSPS) is 15.9. The minimum atomic E-state index is -0.749. The second kappa shape index (κ2) is 5.81. The summed E-state index contributed by atoms with van der Waals surface area (Å²) in [7, 11) is 0. The van der Waals surface area contributed by atoms with Crippen LogP contribution in [0, 0.1) is 11.6 Å². The molecule has 0 radical (unpaired) electrons. The lowest BCUT2D eigenvalue weighted by atomic mass is 10.2. The van der Waals surface area contributed by atoms with Crippen LogP contribution >= 0.6 is 15.9 Å². The van der Waals surface area contributed by atoms with Crippen LogP contribution in [0.2, 0.25) is 0 Å². The van der Waals surface area contributed by atoms with Gasteiger partial charge in [0.1, 0.15) is 11.6 Å². The molecule has 0 saturated heterocycles. The maximum absolute atomic E-state index is 13.8. The van der Waals surface area contributed by atoms with E-state index in [9.17, 15) is 13.6 Å². The second-order valence-corrected chi connectivity index (χ2v) is 5.40. The van der Waals surface area contributed by atoms with Crippen molar-refractivity contribution < 1.29 is 18.3 Å². The van der Waals surface area contributed by atoms with Gasteiger partial charge in [0.2, 0.25) is 5.90 Å². The van der Waals surface area contributed by atoms with E-state index in [1.54, 1.807) is 12.1 Å². The van der Waals surface area contributed by atoms with Crippen LogP contribution in [0.25, 0.3) is 6.08 Å². The molecule has 0 spiro atoms. The standard InChI is InChI=1S/C16H8BrF2NO2/c17-10-6-5-9(13(19)8-10)7-14-16(21)22-15(20-14)11-3-1-2-4-12(11)18/h1-8H/b14-7-. The molecule has 0 saturated carbocycles. The van der Waals surface area contributed by atoms with Gasteiger partial charge in [-0.15, -0.1) is 0 Å². The Morgan fingerprint density at radius 3 is 2.59 bits per heavy atom. The Hall–Kier alpha value is -2.34. The van der Waals surface area contributed by atoms with Crippen molar-refractivity contribution in [1.82, 2.24) is 0 Å². The lowest BCUT2D eigenvalue weighted by molar-refractivity contribution is -0.129. The maximum Gasteiger partial charge on any atom is 0.363 e. The lowest BCUT2D eigenvalue weighted by Gasteiger charge is -1.99. The maximum atomic E-state index is 13.8. The number of carbonyl (C=O) groups is 1. The van der Waals surface area contributed by atoms with Gasteiger partial charge in [-0.25, -0.2) is 18.6 Å². The average molecular weight is 364 g/mol. The third-order valence-electron chi connectivity index (χ3n) is 2.98. The number of cyclic esters (lactones) is 1. The summed E-state index contributed by atoms with van der Waals surface area (Å²) in [6, 6.07) is 10.2. The van der Waals surface area contributed by atoms with Crippen LogP contribution in [0.4, 0.5) is 8.78 Å². The highest BCUT2D eigenvalue weighted by atomic mass is 79.9. The van der Waals surface area contributed by atoms with E-state index in [2.05, 4.69) is 20.9 Å². The zero-order valence-corrected chi connectivity index (χ0v) is 12.6. The Balaban J connectivity index is 2.00. The monoisotopic (exact) mass is 363 g/mol. The highest BCUT2D eigenvalue weighted by Gasteiger charge is 2.26. The fourth-order valence-electron chi connectivity index (χ4n) is 1.92. The van der Waals surface area contributed by atoms with Crippen molar-refractivity contribution in [1.29, 1.82) is 0 Å². The molecule has 1 heterocycles. The third-order valence-corrected chi connectivity index (χ3v) is 3.47. The van der Waals surface area contributed by atoms with E-state index >= 15 is 0 Å². The van der Waals surface area contributed by atoms with Crippen LogP contribution in [0.15, 0.2) is 57.6 Å². The van der Waals surface area contributed by atoms with Gasteiger partial charge in [0.05, 0.1) is 5.56 Å². The van der Waals surface area contributed by atoms with Gasteiger partial charge in [-0.3, -0.25) is 0 Å². The zero-order chi connectivity index (χ0) is 15.7. The zero-order valence-electron chi connectivity index (χ0n) is 11.0. The van der Waals surface area contributed by atoms with Gasteiger partial charge in [0.15, 0.2) is 5.70 Å². The molecule has 0 atom stereocenters. The molecule has 0 aromatic heterocycles. The van der Waals surface area contributed by atoms with E-state index in [1.807, 2.05) is 0 Å². The van der Waals surface area contributed by atoms with Crippen molar-refractivity contribution >= 4 is 33.9 Å². The fourth-order valence-corrected chi connectivity index (χ4v) is 2.26. The molecule has 0 amide bonds. The Morgan fingerprint density at radius 2 is 1.86 bits per heavy atom. The van der Waals surface area contributed by atoms with Gasteiger partial charge >= 0.3 is 5.97 Å². The third kappa shape index (κ3) is 2.82. The molecule has 0 aliphatic carbocycles. The van der Waals surface area contributed by atoms with Crippen LogP contribution in [0.3, 0.4) is 0 Å². The van der Waals surface area contributed by atoms with Crippen molar-refractivity contribution in [3.05, 3.63) is 75.4 Å². The van der Waals surface area contributed by atoms with Crippen LogP contribution < -0.4 is 0 Å². The van der Waals surface area contributed by atoms with Gasteiger partial charge in [-0.2, -0.15) is 0 Å². The number of benzene rings is 2. The molecule has 0 N–H and O–H groups in total. The second-order valence-electron chi connectivity index (χ2n) is 4.48. The minimum Gasteiger partial charge on any atom is -0.402 e. The van der Waals surface area contributed by atoms with E-state index in [0.29, 0.717) is 4.47 Å². The minimum absolute atomic E-state index is 0.0792. The summed E-state index contributed by atoms with van der Waals surface area (Å²) in [5.41, 5.74) is 0.184. The predicted molar refractivity (Wildman–Crippen MR) is 81.1 cm³/mol. The Morgan fingerprint density at radius 1 is 1.09 bits per heavy atom. The number of nitrogens with zero attached hydrogens (tertiary/aromatic N) is 1. The molecule has 3 rings (SSSR count). The molecule has 1 aliphatic heterocycles. The van der Waals surface area contributed by atoms with Crippen LogP contribution in [-0.2, 0) is 9.53 Å². The molecule has 1 aliphatic rings. The first-order valence-corrected chi connectivity index (χ1v) is 7.06. The fraction of sp³-hybridized carbons (Fsp3) is 0. The van der Waals surface area contributed by atoms with Crippen molar-refractivity contribution in [3.63, 3.8) is 0 Å². The summed E-state index contributed by atoms with van der Waals surface area (Å²) in [5, 5.41) is 0. The number of rotatable bonds is 2. The average Bonchev–Trinajstić information content (AvgIpc) is 2.83. The van der Waals surface area contributed by atoms with E-state index < -0.39 is 17.6 Å². The number of hydrogen-bond donors (Lipinski definition) is 0. The first-order chi connectivity index (χ1) is 10.5. The van der Waals surface area contributed by atoms with Crippen molar-refractivity contribution in [2.24, 2.45) is 4.99 Å². The molecule has 0 unspecified atom stereocenters. The van der Waals surface area contributed by atoms with E-state index in [4.69, 9.17) is 4.74 Å². The number of carbonyl (C=O) groups excluding carboxylic acids is 1. The van der Waals surface area contributed by atoms with Crippen molar-refractivity contribution in [2.75, 3.05) is 0 Å². The van der Waals surface area contributed by atoms with Crippen molar-refractivity contribution in [3.8, 4) is 0 Å². The summed E-state index contributed by atoms with van der Waals surface area (Å²) in [6.07, 6.45) is 1.26. The largest absolute Gasteiger partial charge is 0.402 e. The quantitative estimate of drug-likeness (QED) is 0.595. The molecular formula is C16H8BrF2NO2. The highest BCUT2D eigenvalue weighted by Crippen LogP contribution is 2.23. The first-order valence-electron chi connectivity index (χ1n) is 6.27. The molecule has 2 aromatic rings. The molecule has 22 heavy (non-hydrogen) atoms. The van der Waals surface area contributed by atoms with E-state index in [0.717, 1.165) is 0 Å². The van der Waals surface area contributed by atoms with Crippen LogP contribution in [0.5, 0.6) is 0 Å². The smallest absolute Gasteiger partial charge is 0.363 e. The topological polar surface area (TPSA) is 38.7 Å².